The lowest BCUT2D eigenvalue weighted by molar-refractivity contribution is 0.627. The van der Waals surface area contributed by atoms with Crippen LogP contribution in [0.15, 0.2) is 55.0 Å². The van der Waals surface area contributed by atoms with Gasteiger partial charge in [-0.25, -0.2) is 9.07 Å². The fourth-order valence-electron chi connectivity index (χ4n) is 1.85. The van der Waals surface area contributed by atoms with Crippen molar-refractivity contribution in [3.8, 4) is 16.9 Å². The molecule has 0 aliphatic heterocycles. The van der Waals surface area contributed by atoms with E-state index in [1.165, 1.54) is 12.1 Å². The third kappa shape index (κ3) is 2.18. The number of nitrogens with two attached hydrogens (primary N) is 1. The van der Waals surface area contributed by atoms with Crippen molar-refractivity contribution >= 4 is 5.69 Å². The van der Waals surface area contributed by atoms with Crippen molar-refractivity contribution in [3.05, 3.63) is 60.8 Å². The van der Waals surface area contributed by atoms with E-state index in [4.69, 9.17) is 5.73 Å². The number of nitrogens with zero attached hydrogens (tertiary/aromatic N) is 3. The molecule has 0 aliphatic rings. The summed E-state index contributed by atoms with van der Waals surface area (Å²) in [6.07, 6.45) is 5.08. The summed E-state index contributed by atoms with van der Waals surface area (Å²) in [6.45, 7) is 0. The molecule has 2 heterocycles. The number of aromatic nitrogens is 3. The van der Waals surface area contributed by atoms with Crippen LogP contribution in [0.25, 0.3) is 16.9 Å². The standard InChI is InChI=1S/C14H11FN4/c15-11-1-3-12(4-2-11)19-9-13(16)14(18-19)10-5-7-17-8-6-10/h1-9H,16H2. The quantitative estimate of drug-likeness (QED) is 0.764. The zero-order valence-electron chi connectivity index (χ0n) is 9.99. The monoisotopic (exact) mass is 254 g/mol. The van der Waals surface area contributed by atoms with E-state index in [0.717, 1.165) is 11.3 Å². The number of pyridine rings is 1. The van der Waals surface area contributed by atoms with Crippen LogP contribution >= 0.6 is 0 Å². The summed E-state index contributed by atoms with van der Waals surface area (Å²) in [7, 11) is 0. The van der Waals surface area contributed by atoms with Gasteiger partial charge in [0.25, 0.3) is 0 Å². The number of halogens is 1. The van der Waals surface area contributed by atoms with Gasteiger partial charge in [-0.3, -0.25) is 4.98 Å². The first-order valence-electron chi connectivity index (χ1n) is 5.75. The molecule has 19 heavy (non-hydrogen) atoms. The second kappa shape index (κ2) is 4.53. The Hall–Kier alpha value is -2.69. The minimum atomic E-state index is -0.279. The maximum Gasteiger partial charge on any atom is 0.123 e. The van der Waals surface area contributed by atoms with Crippen LogP contribution in [-0.4, -0.2) is 14.8 Å². The van der Waals surface area contributed by atoms with E-state index >= 15 is 0 Å². The van der Waals surface area contributed by atoms with Gasteiger partial charge >= 0.3 is 0 Å². The molecule has 0 radical (unpaired) electrons. The van der Waals surface area contributed by atoms with E-state index in [1.54, 1.807) is 35.4 Å². The van der Waals surface area contributed by atoms with Crippen molar-refractivity contribution in [3.63, 3.8) is 0 Å². The van der Waals surface area contributed by atoms with E-state index in [9.17, 15) is 4.39 Å². The van der Waals surface area contributed by atoms with Crippen molar-refractivity contribution in [1.29, 1.82) is 0 Å². The summed E-state index contributed by atoms with van der Waals surface area (Å²) in [4.78, 5) is 3.96. The second-order valence-corrected chi connectivity index (χ2v) is 4.09. The Labute approximate surface area is 109 Å². The summed E-state index contributed by atoms with van der Waals surface area (Å²) in [6, 6.07) is 9.76. The van der Waals surface area contributed by atoms with Crippen LogP contribution in [0.5, 0.6) is 0 Å². The summed E-state index contributed by atoms with van der Waals surface area (Å²) in [5.41, 5.74) is 8.87. The van der Waals surface area contributed by atoms with Gasteiger partial charge in [0.2, 0.25) is 0 Å². The molecule has 0 aliphatic carbocycles. The maximum absolute atomic E-state index is 12.9. The molecule has 3 rings (SSSR count). The SMILES string of the molecule is Nc1cn(-c2ccc(F)cc2)nc1-c1ccncc1. The van der Waals surface area contributed by atoms with Crippen LogP contribution in [0.4, 0.5) is 10.1 Å². The van der Waals surface area contributed by atoms with Crippen molar-refractivity contribution in [2.75, 3.05) is 5.73 Å². The molecule has 5 heteroatoms. The van der Waals surface area contributed by atoms with Gasteiger partial charge in [0.15, 0.2) is 0 Å². The molecule has 0 unspecified atom stereocenters. The topological polar surface area (TPSA) is 56.7 Å². The van der Waals surface area contributed by atoms with Crippen LogP contribution in [0, 0.1) is 5.82 Å². The molecule has 3 aromatic rings. The van der Waals surface area contributed by atoms with Crippen LogP contribution in [-0.2, 0) is 0 Å². The van der Waals surface area contributed by atoms with Gasteiger partial charge in [-0.2, -0.15) is 5.10 Å². The predicted octanol–water partition coefficient (Wildman–Crippen LogP) is 2.66. The van der Waals surface area contributed by atoms with E-state index in [2.05, 4.69) is 10.1 Å². The largest absolute Gasteiger partial charge is 0.396 e. The van der Waals surface area contributed by atoms with Crippen molar-refractivity contribution < 1.29 is 4.39 Å². The van der Waals surface area contributed by atoms with Crippen LogP contribution in [0.2, 0.25) is 0 Å². The number of rotatable bonds is 2. The Bertz CT molecular complexity index is 689. The number of nitrogen functional groups attached to an aromatic ring is 1. The van der Waals surface area contributed by atoms with Gasteiger partial charge < -0.3 is 5.73 Å². The van der Waals surface area contributed by atoms with Crippen molar-refractivity contribution in [2.24, 2.45) is 0 Å². The number of hydrogen-bond acceptors (Lipinski definition) is 3. The Balaban J connectivity index is 2.04. The third-order valence-electron chi connectivity index (χ3n) is 2.79. The van der Waals surface area contributed by atoms with Gasteiger partial charge in [-0.15, -0.1) is 0 Å². The third-order valence-corrected chi connectivity index (χ3v) is 2.79. The number of benzene rings is 1. The fourth-order valence-corrected chi connectivity index (χ4v) is 1.85. The zero-order chi connectivity index (χ0) is 13.2. The van der Waals surface area contributed by atoms with Crippen molar-refractivity contribution in [1.82, 2.24) is 14.8 Å². The molecule has 94 valence electrons. The van der Waals surface area contributed by atoms with Crippen LogP contribution in [0.1, 0.15) is 0 Å². The molecule has 0 bridgehead atoms. The minimum Gasteiger partial charge on any atom is -0.396 e. The highest BCUT2D eigenvalue weighted by atomic mass is 19.1. The Morgan fingerprint density at radius 3 is 2.37 bits per heavy atom. The Morgan fingerprint density at radius 1 is 1.00 bits per heavy atom. The highest BCUT2D eigenvalue weighted by molar-refractivity contribution is 5.72. The molecule has 0 saturated heterocycles. The molecule has 2 aromatic heterocycles. The summed E-state index contributed by atoms with van der Waals surface area (Å²) < 4.78 is 14.5. The first-order chi connectivity index (χ1) is 9.24. The molecule has 1 aromatic carbocycles. The van der Waals surface area contributed by atoms with Gasteiger partial charge in [0.05, 0.1) is 17.6 Å². The predicted molar refractivity (Wildman–Crippen MR) is 71.2 cm³/mol. The second-order valence-electron chi connectivity index (χ2n) is 4.09. The maximum atomic E-state index is 12.9. The summed E-state index contributed by atoms with van der Waals surface area (Å²) >= 11 is 0. The lowest BCUT2D eigenvalue weighted by atomic mass is 10.2. The smallest absolute Gasteiger partial charge is 0.123 e. The summed E-state index contributed by atoms with van der Waals surface area (Å²) in [5, 5.41) is 4.42. The van der Waals surface area contributed by atoms with Crippen LogP contribution in [0.3, 0.4) is 0 Å². The lowest BCUT2D eigenvalue weighted by Gasteiger charge is -2.00. The molecule has 0 atom stereocenters. The fraction of sp³-hybridized carbons (Fsp3) is 0. The average Bonchev–Trinajstić information content (AvgIpc) is 2.83. The zero-order valence-corrected chi connectivity index (χ0v) is 9.99. The molecule has 0 saturated carbocycles. The molecular weight excluding hydrogens is 243 g/mol. The Kier molecular flexibility index (Phi) is 2.72. The summed E-state index contributed by atoms with van der Waals surface area (Å²) in [5.74, 6) is -0.279. The molecule has 0 spiro atoms. The first kappa shape index (κ1) is 11.4. The van der Waals surface area contributed by atoms with Gasteiger partial charge in [-0.1, -0.05) is 0 Å². The van der Waals surface area contributed by atoms with Gasteiger partial charge in [0.1, 0.15) is 11.5 Å². The van der Waals surface area contributed by atoms with Gasteiger partial charge in [-0.05, 0) is 36.4 Å². The first-order valence-corrected chi connectivity index (χ1v) is 5.75. The van der Waals surface area contributed by atoms with E-state index in [0.29, 0.717) is 11.4 Å². The molecule has 2 N–H and O–H groups in total. The minimum absolute atomic E-state index is 0.279. The van der Waals surface area contributed by atoms with E-state index in [1.807, 2.05) is 12.1 Å². The Morgan fingerprint density at radius 2 is 1.68 bits per heavy atom. The van der Waals surface area contributed by atoms with Crippen molar-refractivity contribution in [2.45, 2.75) is 0 Å². The average molecular weight is 254 g/mol. The molecule has 0 fully saturated rings. The highest BCUT2D eigenvalue weighted by Gasteiger charge is 2.09. The number of hydrogen-bond donors (Lipinski definition) is 1. The van der Waals surface area contributed by atoms with E-state index in [-0.39, 0.29) is 5.82 Å². The highest BCUT2D eigenvalue weighted by Crippen LogP contribution is 2.24. The number of anilines is 1. The molecular formula is C14H11FN4. The molecule has 0 amide bonds. The van der Waals surface area contributed by atoms with E-state index < -0.39 is 0 Å². The lowest BCUT2D eigenvalue weighted by Crippen LogP contribution is -1.94. The van der Waals surface area contributed by atoms with Gasteiger partial charge in [0, 0.05) is 18.0 Å². The van der Waals surface area contributed by atoms with Crippen LogP contribution < -0.4 is 5.73 Å². The normalized spacial score (nSPS) is 10.6. The molecule has 4 nitrogen and oxygen atoms in total.